The van der Waals surface area contributed by atoms with Gasteiger partial charge in [-0.25, -0.2) is 0 Å². The van der Waals surface area contributed by atoms with Gasteiger partial charge in [-0.1, -0.05) is 41.5 Å². The first kappa shape index (κ1) is 27.3. The summed E-state index contributed by atoms with van der Waals surface area (Å²) in [6.07, 6.45) is 5.10. The van der Waals surface area contributed by atoms with Crippen molar-refractivity contribution in [2.75, 3.05) is 0 Å². The van der Waals surface area contributed by atoms with E-state index in [1.165, 1.54) is 12.4 Å². The van der Waals surface area contributed by atoms with Crippen molar-refractivity contribution in [2.45, 2.75) is 78.9 Å². The van der Waals surface area contributed by atoms with Gasteiger partial charge in [-0.3, -0.25) is 19.4 Å². The number of carbonyl (C=O) groups excluding carboxylic acids is 4. The van der Waals surface area contributed by atoms with E-state index in [9.17, 15) is 19.2 Å². The monoisotopic (exact) mass is 446 g/mol. The Bertz CT molecular complexity index is 750. The zero-order chi connectivity index (χ0) is 24.3. The fourth-order valence-electron chi connectivity index (χ4n) is 3.36. The van der Waals surface area contributed by atoms with Crippen LogP contribution in [-0.2, 0) is 14.4 Å². The van der Waals surface area contributed by atoms with Crippen molar-refractivity contribution >= 4 is 24.0 Å². The number of nitrogens with zero attached hydrogens (tertiary/aromatic N) is 1. The molecule has 1 aromatic heterocycles. The number of hydrogen-bond donors (Lipinski definition) is 3. The second-order valence-electron chi connectivity index (χ2n) is 9.46. The van der Waals surface area contributed by atoms with Crippen molar-refractivity contribution in [1.29, 1.82) is 0 Å². The van der Waals surface area contributed by atoms with Gasteiger partial charge in [0.05, 0.1) is 6.04 Å². The molecule has 0 aliphatic rings. The first-order chi connectivity index (χ1) is 15.0. The number of amides is 3. The van der Waals surface area contributed by atoms with Crippen LogP contribution >= 0.6 is 0 Å². The maximum atomic E-state index is 13.1. The predicted molar refractivity (Wildman–Crippen MR) is 124 cm³/mol. The van der Waals surface area contributed by atoms with Gasteiger partial charge >= 0.3 is 0 Å². The third-order valence-electron chi connectivity index (χ3n) is 4.83. The van der Waals surface area contributed by atoms with Crippen molar-refractivity contribution in [3.63, 3.8) is 0 Å². The minimum Gasteiger partial charge on any atom is -0.345 e. The van der Waals surface area contributed by atoms with Gasteiger partial charge in [0.25, 0.3) is 5.91 Å². The lowest BCUT2D eigenvalue weighted by Gasteiger charge is -2.26. The Morgan fingerprint density at radius 3 is 1.72 bits per heavy atom. The van der Waals surface area contributed by atoms with Gasteiger partial charge in [0, 0.05) is 18.0 Å². The first-order valence-electron chi connectivity index (χ1n) is 11.3. The van der Waals surface area contributed by atoms with Crippen molar-refractivity contribution in [1.82, 2.24) is 20.9 Å². The lowest BCUT2D eigenvalue weighted by molar-refractivity contribution is -0.131. The fraction of sp³-hybridized carbons (Fsp3) is 0.625. The lowest BCUT2D eigenvalue weighted by Crippen LogP contribution is -2.55. The Kier molecular flexibility index (Phi) is 11.6. The van der Waals surface area contributed by atoms with Gasteiger partial charge in [-0.15, -0.1) is 0 Å². The highest BCUT2D eigenvalue weighted by Crippen LogP contribution is 2.11. The van der Waals surface area contributed by atoms with E-state index < -0.39 is 29.9 Å². The summed E-state index contributed by atoms with van der Waals surface area (Å²) in [5.74, 6) is -0.674. The summed E-state index contributed by atoms with van der Waals surface area (Å²) >= 11 is 0. The summed E-state index contributed by atoms with van der Waals surface area (Å²) in [6, 6.07) is 0.943. The SMILES string of the molecule is CC(C)C[C@@H](C=O)NC(=O)[C@H](CC(C)C)NC(=O)[C@H](CC(C)C)NC(=O)c1ccncc1. The molecule has 178 valence electrons. The molecule has 3 N–H and O–H groups in total. The largest absolute Gasteiger partial charge is 0.345 e. The molecule has 0 saturated carbocycles. The highest BCUT2D eigenvalue weighted by atomic mass is 16.2. The molecule has 0 bridgehead atoms. The first-order valence-corrected chi connectivity index (χ1v) is 11.3. The van der Waals surface area contributed by atoms with E-state index in [0.29, 0.717) is 24.8 Å². The number of rotatable bonds is 13. The summed E-state index contributed by atoms with van der Waals surface area (Å²) in [4.78, 5) is 53.8. The maximum absolute atomic E-state index is 13.1. The summed E-state index contributed by atoms with van der Waals surface area (Å²) in [6.45, 7) is 11.8. The minimum absolute atomic E-state index is 0.140. The molecule has 8 heteroatoms. The minimum atomic E-state index is -0.801. The van der Waals surface area contributed by atoms with E-state index in [1.54, 1.807) is 12.1 Å². The van der Waals surface area contributed by atoms with Crippen LogP contribution in [0.15, 0.2) is 24.5 Å². The number of pyridine rings is 1. The molecule has 1 rings (SSSR count). The standard InChI is InChI=1S/C24H38N4O4/c1-15(2)11-19(14-29)26-23(31)20(12-16(3)4)28-24(32)21(13-17(5)6)27-22(30)18-7-9-25-10-8-18/h7-10,14-17,19-21H,11-13H2,1-6H3,(H,26,31)(H,27,30)(H,28,32)/t19-,20-,21-/m0/s1. The molecule has 0 unspecified atom stereocenters. The molecule has 0 fully saturated rings. The second-order valence-corrected chi connectivity index (χ2v) is 9.46. The van der Waals surface area contributed by atoms with Crippen LogP contribution in [0.5, 0.6) is 0 Å². The number of aldehydes is 1. The van der Waals surface area contributed by atoms with Gasteiger partial charge in [0.1, 0.15) is 18.4 Å². The highest BCUT2D eigenvalue weighted by Gasteiger charge is 2.29. The molecular weight excluding hydrogens is 408 g/mol. The number of nitrogens with one attached hydrogen (secondary N) is 3. The van der Waals surface area contributed by atoms with Gasteiger partial charge in [0.2, 0.25) is 11.8 Å². The normalized spacial score (nSPS) is 14.0. The lowest BCUT2D eigenvalue weighted by atomic mass is 9.99. The molecule has 0 aromatic carbocycles. The van der Waals surface area contributed by atoms with Gasteiger partial charge < -0.3 is 20.7 Å². The van der Waals surface area contributed by atoms with Crippen molar-refractivity contribution < 1.29 is 19.2 Å². The third-order valence-corrected chi connectivity index (χ3v) is 4.83. The number of aromatic nitrogens is 1. The number of carbonyl (C=O) groups is 4. The van der Waals surface area contributed by atoms with Crippen molar-refractivity contribution in [3.05, 3.63) is 30.1 Å². The Balaban J connectivity index is 2.95. The highest BCUT2D eigenvalue weighted by molar-refractivity contribution is 5.98. The summed E-state index contributed by atoms with van der Waals surface area (Å²) in [5.41, 5.74) is 0.403. The van der Waals surface area contributed by atoms with E-state index >= 15 is 0 Å². The van der Waals surface area contributed by atoms with Crippen LogP contribution in [0.1, 0.15) is 71.2 Å². The zero-order valence-corrected chi connectivity index (χ0v) is 20.1. The third kappa shape index (κ3) is 10.0. The van der Waals surface area contributed by atoms with Crippen LogP contribution in [0.2, 0.25) is 0 Å². The van der Waals surface area contributed by atoms with E-state index in [-0.39, 0.29) is 23.7 Å². The summed E-state index contributed by atoms with van der Waals surface area (Å²) < 4.78 is 0. The molecule has 0 aliphatic carbocycles. The van der Waals surface area contributed by atoms with Crippen LogP contribution in [0, 0.1) is 17.8 Å². The Labute approximate surface area is 191 Å². The van der Waals surface area contributed by atoms with Crippen molar-refractivity contribution in [3.8, 4) is 0 Å². The van der Waals surface area contributed by atoms with E-state index in [4.69, 9.17) is 0 Å². The van der Waals surface area contributed by atoms with Gasteiger partial charge in [-0.2, -0.15) is 0 Å². The molecule has 1 heterocycles. The second kappa shape index (κ2) is 13.6. The average molecular weight is 447 g/mol. The molecule has 0 aliphatic heterocycles. The van der Waals surface area contributed by atoms with Gasteiger partial charge in [-0.05, 0) is 49.1 Å². The fourth-order valence-corrected chi connectivity index (χ4v) is 3.36. The van der Waals surface area contributed by atoms with Crippen LogP contribution in [0.3, 0.4) is 0 Å². The van der Waals surface area contributed by atoms with E-state index in [2.05, 4.69) is 20.9 Å². The molecule has 0 spiro atoms. The van der Waals surface area contributed by atoms with E-state index in [1.807, 2.05) is 41.5 Å². The van der Waals surface area contributed by atoms with Crippen LogP contribution < -0.4 is 16.0 Å². The maximum Gasteiger partial charge on any atom is 0.252 e. The molecule has 3 amide bonds. The Morgan fingerprint density at radius 1 is 0.781 bits per heavy atom. The average Bonchev–Trinajstić information content (AvgIpc) is 2.71. The Morgan fingerprint density at radius 2 is 1.25 bits per heavy atom. The molecule has 0 radical (unpaired) electrons. The predicted octanol–water partition coefficient (Wildman–Crippen LogP) is 2.49. The van der Waals surface area contributed by atoms with Crippen molar-refractivity contribution in [2.24, 2.45) is 17.8 Å². The van der Waals surface area contributed by atoms with Gasteiger partial charge in [0.15, 0.2) is 0 Å². The Hall–Kier alpha value is -2.77. The van der Waals surface area contributed by atoms with Crippen LogP contribution in [0.25, 0.3) is 0 Å². The zero-order valence-electron chi connectivity index (χ0n) is 20.1. The summed E-state index contributed by atoms with van der Waals surface area (Å²) in [7, 11) is 0. The molecule has 0 saturated heterocycles. The van der Waals surface area contributed by atoms with Crippen LogP contribution in [-0.4, -0.2) is 47.1 Å². The molecule has 32 heavy (non-hydrogen) atoms. The molecule has 8 nitrogen and oxygen atoms in total. The number of hydrogen-bond acceptors (Lipinski definition) is 5. The molecule has 3 atom stereocenters. The topological polar surface area (TPSA) is 117 Å². The molecular formula is C24H38N4O4. The van der Waals surface area contributed by atoms with Crippen LogP contribution in [0.4, 0.5) is 0 Å². The smallest absolute Gasteiger partial charge is 0.252 e. The van der Waals surface area contributed by atoms with E-state index in [0.717, 1.165) is 6.29 Å². The quantitative estimate of drug-likeness (QED) is 0.403. The summed E-state index contributed by atoms with van der Waals surface area (Å²) in [5, 5.41) is 8.31. The molecule has 1 aromatic rings.